The average molecular weight is 112 g/mol. The van der Waals surface area contributed by atoms with E-state index in [4.69, 9.17) is 5.26 Å². The molecule has 0 aliphatic rings. The summed E-state index contributed by atoms with van der Waals surface area (Å²) in [6.07, 6.45) is 0.517. The van der Waals surface area contributed by atoms with Crippen molar-refractivity contribution in [3.05, 3.63) is 0 Å². The Labute approximate surface area is 48.3 Å². The first-order valence-electron chi connectivity index (χ1n) is 2.25. The van der Waals surface area contributed by atoms with Crippen molar-refractivity contribution in [2.24, 2.45) is 0 Å². The zero-order chi connectivity index (χ0) is 6.62. The summed E-state index contributed by atoms with van der Waals surface area (Å²) in [6.45, 7) is 3.25. The molecule has 0 spiro atoms. The van der Waals surface area contributed by atoms with Crippen LogP contribution in [0.15, 0.2) is 0 Å². The lowest BCUT2D eigenvalue weighted by molar-refractivity contribution is -0.110. The first-order chi connectivity index (χ1) is 3.62. The van der Waals surface area contributed by atoms with Gasteiger partial charge in [-0.3, -0.25) is 4.79 Å². The maximum Gasteiger partial charge on any atom is 0.208 e. The standard InChI is InChI=1S/C5H8N2O/c1-5(2,3-6)7-4-8/h4H,1-2H3,(H,7,8). The number of rotatable bonds is 2. The minimum atomic E-state index is -0.720. The quantitative estimate of drug-likeness (QED) is 0.512. The Morgan fingerprint density at radius 1 is 1.75 bits per heavy atom. The molecule has 0 fully saturated rings. The fraction of sp³-hybridized carbons (Fsp3) is 0.600. The highest BCUT2D eigenvalue weighted by Gasteiger charge is 2.12. The minimum Gasteiger partial charge on any atom is -0.341 e. The van der Waals surface area contributed by atoms with Crippen LogP contribution in [0.1, 0.15) is 13.8 Å². The van der Waals surface area contributed by atoms with Crippen molar-refractivity contribution in [1.82, 2.24) is 5.32 Å². The van der Waals surface area contributed by atoms with Crippen LogP contribution in [0.2, 0.25) is 0 Å². The van der Waals surface area contributed by atoms with Gasteiger partial charge in [-0.05, 0) is 13.8 Å². The molecule has 3 nitrogen and oxygen atoms in total. The molecule has 44 valence electrons. The van der Waals surface area contributed by atoms with Gasteiger partial charge in [0.15, 0.2) is 0 Å². The molecule has 0 bridgehead atoms. The van der Waals surface area contributed by atoms with E-state index in [0.29, 0.717) is 6.41 Å². The fourth-order valence-electron chi connectivity index (χ4n) is 0.180. The molecule has 0 rings (SSSR count). The number of nitrogens with zero attached hydrogens (tertiary/aromatic N) is 1. The Hall–Kier alpha value is -1.04. The van der Waals surface area contributed by atoms with E-state index in [0.717, 1.165) is 0 Å². The van der Waals surface area contributed by atoms with E-state index in [-0.39, 0.29) is 0 Å². The predicted octanol–water partition coefficient (Wildman–Crippen LogP) is 0.0346. The van der Waals surface area contributed by atoms with Crippen LogP contribution in [0.3, 0.4) is 0 Å². The first-order valence-corrected chi connectivity index (χ1v) is 2.25. The number of hydrogen-bond acceptors (Lipinski definition) is 2. The largest absolute Gasteiger partial charge is 0.341 e. The van der Waals surface area contributed by atoms with E-state index in [1.54, 1.807) is 13.8 Å². The van der Waals surface area contributed by atoms with Gasteiger partial charge in [-0.15, -0.1) is 0 Å². The van der Waals surface area contributed by atoms with Crippen molar-refractivity contribution in [2.75, 3.05) is 0 Å². The maximum atomic E-state index is 9.72. The lowest BCUT2D eigenvalue weighted by Crippen LogP contribution is -2.36. The van der Waals surface area contributed by atoms with Gasteiger partial charge in [0.25, 0.3) is 0 Å². The molecule has 3 heteroatoms. The summed E-state index contributed by atoms with van der Waals surface area (Å²) in [5, 5.41) is 10.6. The highest BCUT2D eigenvalue weighted by Crippen LogP contribution is 1.94. The fourth-order valence-corrected chi connectivity index (χ4v) is 0.180. The van der Waals surface area contributed by atoms with Gasteiger partial charge in [-0.2, -0.15) is 5.26 Å². The van der Waals surface area contributed by atoms with Crippen LogP contribution >= 0.6 is 0 Å². The van der Waals surface area contributed by atoms with Crippen LogP contribution in [0.5, 0.6) is 0 Å². The Morgan fingerprint density at radius 3 is 2.38 bits per heavy atom. The summed E-state index contributed by atoms with van der Waals surface area (Å²) in [6, 6.07) is 1.90. The smallest absolute Gasteiger partial charge is 0.208 e. The molecule has 1 amide bonds. The van der Waals surface area contributed by atoms with Crippen LogP contribution in [0, 0.1) is 11.3 Å². The van der Waals surface area contributed by atoms with Crippen molar-refractivity contribution >= 4 is 6.41 Å². The Kier molecular flexibility index (Phi) is 2.01. The van der Waals surface area contributed by atoms with Gasteiger partial charge in [-0.25, -0.2) is 0 Å². The lowest BCUT2D eigenvalue weighted by Gasteiger charge is -2.11. The Balaban J connectivity index is 3.76. The second kappa shape index (κ2) is 2.31. The van der Waals surface area contributed by atoms with E-state index in [1.807, 2.05) is 6.07 Å². The van der Waals surface area contributed by atoms with Crippen molar-refractivity contribution < 1.29 is 4.79 Å². The molecule has 0 unspecified atom stereocenters. The number of carbonyl (C=O) groups excluding carboxylic acids is 1. The Bertz CT molecular complexity index is 123. The van der Waals surface area contributed by atoms with Gasteiger partial charge in [-0.1, -0.05) is 0 Å². The third-order valence-corrected chi connectivity index (χ3v) is 0.699. The van der Waals surface area contributed by atoms with Crippen LogP contribution in [0.4, 0.5) is 0 Å². The second-order valence-corrected chi connectivity index (χ2v) is 2.00. The summed E-state index contributed by atoms with van der Waals surface area (Å²) < 4.78 is 0. The van der Waals surface area contributed by atoms with E-state index in [9.17, 15) is 4.79 Å². The summed E-state index contributed by atoms with van der Waals surface area (Å²) >= 11 is 0. The highest BCUT2D eigenvalue weighted by atomic mass is 16.1. The molecule has 8 heavy (non-hydrogen) atoms. The molecule has 0 aliphatic heterocycles. The predicted molar refractivity (Wildman–Crippen MR) is 28.9 cm³/mol. The molecule has 0 aromatic carbocycles. The van der Waals surface area contributed by atoms with E-state index in [2.05, 4.69) is 5.32 Å². The Morgan fingerprint density at radius 2 is 2.25 bits per heavy atom. The van der Waals surface area contributed by atoms with Gasteiger partial charge in [0.2, 0.25) is 6.41 Å². The molecule has 0 saturated carbocycles. The summed E-state index contributed by atoms with van der Waals surface area (Å²) in [4.78, 5) is 9.72. The zero-order valence-electron chi connectivity index (χ0n) is 4.93. The minimum absolute atomic E-state index is 0.517. The molecular formula is C5H8N2O. The van der Waals surface area contributed by atoms with Crippen LogP contribution in [0.25, 0.3) is 0 Å². The van der Waals surface area contributed by atoms with Crippen LogP contribution in [-0.4, -0.2) is 11.9 Å². The van der Waals surface area contributed by atoms with E-state index >= 15 is 0 Å². The number of amides is 1. The van der Waals surface area contributed by atoms with Gasteiger partial charge in [0.1, 0.15) is 5.54 Å². The molecule has 0 radical (unpaired) electrons. The molecule has 0 aromatic rings. The summed E-state index contributed by atoms with van der Waals surface area (Å²) in [5.74, 6) is 0. The van der Waals surface area contributed by atoms with E-state index < -0.39 is 5.54 Å². The van der Waals surface area contributed by atoms with Crippen LogP contribution < -0.4 is 5.32 Å². The SMILES string of the molecule is CC(C)(C#N)NC=O. The number of hydrogen-bond donors (Lipinski definition) is 1. The van der Waals surface area contributed by atoms with Gasteiger partial charge < -0.3 is 5.32 Å². The number of carbonyl (C=O) groups is 1. The third-order valence-electron chi connectivity index (χ3n) is 0.699. The second-order valence-electron chi connectivity index (χ2n) is 2.00. The number of nitrogens with one attached hydrogen (secondary N) is 1. The first kappa shape index (κ1) is 6.96. The maximum absolute atomic E-state index is 9.72. The molecule has 0 aliphatic carbocycles. The van der Waals surface area contributed by atoms with Gasteiger partial charge >= 0.3 is 0 Å². The number of nitriles is 1. The molecule has 0 atom stereocenters. The molecule has 1 N–H and O–H groups in total. The zero-order valence-corrected chi connectivity index (χ0v) is 4.93. The topological polar surface area (TPSA) is 52.9 Å². The monoisotopic (exact) mass is 112 g/mol. The van der Waals surface area contributed by atoms with Gasteiger partial charge in [0.05, 0.1) is 6.07 Å². The van der Waals surface area contributed by atoms with Crippen LogP contribution in [-0.2, 0) is 4.79 Å². The third kappa shape index (κ3) is 2.19. The van der Waals surface area contributed by atoms with Crippen molar-refractivity contribution in [2.45, 2.75) is 19.4 Å². The summed E-state index contributed by atoms with van der Waals surface area (Å²) in [5.41, 5.74) is -0.720. The van der Waals surface area contributed by atoms with E-state index in [1.165, 1.54) is 0 Å². The van der Waals surface area contributed by atoms with Crippen molar-refractivity contribution in [3.63, 3.8) is 0 Å². The van der Waals surface area contributed by atoms with Gasteiger partial charge in [0, 0.05) is 0 Å². The van der Waals surface area contributed by atoms with Crippen molar-refractivity contribution in [1.29, 1.82) is 5.26 Å². The molecule has 0 aromatic heterocycles. The van der Waals surface area contributed by atoms with Crippen molar-refractivity contribution in [3.8, 4) is 6.07 Å². The normalized spacial score (nSPS) is 9.62. The molecule has 0 heterocycles. The molecule has 0 saturated heterocycles. The lowest BCUT2D eigenvalue weighted by atomic mass is 10.1. The molecular weight excluding hydrogens is 104 g/mol. The highest BCUT2D eigenvalue weighted by molar-refractivity contribution is 5.48. The summed E-state index contributed by atoms with van der Waals surface area (Å²) in [7, 11) is 0. The average Bonchev–Trinajstić information content (AvgIpc) is 1.67.